The highest BCUT2D eigenvalue weighted by molar-refractivity contribution is 7.99. The number of carbonyl (C=O) groups is 2. The predicted octanol–water partition coefficient (Wildman–Crippen LogP) is 1.60. The van der Waals surface area contributed by atoms with Gasteiger partial charge in [-0.15, -0.1) is 0 Å². The van der Waals surface area contributed by atoms with Crippen molar-refractivity contribution in [3.63, 3.8) is 0 Å². The fourth-order valence-corrected chi connectivity index (χ4v) is 3.99. The lowest BCUT2D eigenvalue weighted by Gasteiger charge is -2.35. The SMILES string of the molecule is CSCC(=O)N1C[C@H]2CC[C@@H](C1)N(Cc1c(C)noc1C)C2=O. The Morgan fingerprint density at radius 3 is 2.78 bits per heavy atom. The fraction of sp³-hybridized carbons (Fsp3) is 0.688. The lowest BCUT2D eigenvalue weighted by atomic mass is 9.93. The van der Waals surface area contributed by atoms with Crippen LogP contribution in [0.15, 0.2) is 4.52 Å². The minimum Gasteiger partial charge on any atom is -0.361 e. The Morgan fingerprint density at radius 1 is 1.35 bits per heavy atom. The Hall–Kier alpha value is -1.50. The van der Waals surface area contributed by atoms with E-state index in [2.05, 4.69) is 5.16 Å². The number of amides is 2. The van der Waals surface area contributed by atoms with Crippen LogP contribution in [0.25, 0.3) is 0 Å². The van der Waals surface area contributed by atoms with E-state index in [9.17, 15) is 9.59 Å². The predicted molar refractivity (Wildman–Crippen MR) is 88.0 cm³/mol. The summed E-state index contributed by atoms with van der Waals surface area (Å²) in [6.07, 6.45) is 3.77. The second-order valence-corrected chi connectivity index (χ2v) is 7.29. The van der Waals surface area contributed by atoms with Crippen LogP contribution in [-0.2, 0) is 16.1 Å². The normalized spacial score (nSPS) is 24.2. The van der Waals surface area contributed by atoms with Gasteiger partial charge in [0.1, 0.15) is 5.76 Å². The summed E-state index contributed by atoms with van der Waals surface area (Å²) in [5.41, 5.74) is 1.83. The average Bonchev–Trinajstić information content (AvgIpc) is 2.71. The zero-order chi connectivity index (χ0) is 16.6. The van der Waals surface area contributed by atoms with E-state index in [-0.39, 0.29) is 23.8 Å². The van der Waals surface area contributed by atoms with Gasteiger partial charge in [0.2, 0.25) is 11.8 Å². The number of fused-ring (bicyclic) bond motifs is 4. The second kappa shape index (κ2) is 6.55. The zero-order valence-electron chi connectivity index (χ0n) is 13.9. The zero-order valence-corrected chi connectivity index (χ0v) is 14.7. The Kier molecular flexibility index (Phi) is 4.66. The van der Waals surface area contributed by atoms with Crippen molar-refractivity contribution in [3.8, 4) is 0 Å². The van der Waals surface area contributed by atoms with Gasteiger partial charge >= 0.3 is 0 Å². The summed E-state index contributed by atoms with van der Waals surface area (Å²) in [6, 6.07) is 0.0979. The monoisotopic (exact) mass is 337 g/mol. The number of thioether (sulfide) groups is 1. The standard InChI is InChI=1S/C16H23N3O3S/c1-10-14(11(2)22-17-10)8-19-13-5-4-12(16(19)21)6-18(7-13)15(20)9-23-3/h12-13H,4-9H2,1-3H3/t12-,13+/m1/s1. The van der Waals surface area contributed by atoms with Gasteiger partial charge in [0.25, 0.3) is 0 Å². The van der Waals surface area contributed by atoms with Crippen molar-refractivity contribution in [1.82, 2.24) is 15.0 Å². The Morgan fingerprint density at radius 2 is 2.13 bits per heavy atom. The number of nitrogens with zero attached hydrogens (tertiary/aromatic N) is 3. The molecule has 0 aromatic carbocycles. The molecule has 3 saturated heterocycles. The molecule has 4 heterocycles. The van der Waals surface area contributed by atoms with Crippen molar-refractivity contribution < 1.29 is 14.1 Å². The molecule has 1 aromatic heterocycles. The number of carbonyl (C=O) groups excluding carboxylic acids is 2. The summed E-state index contributed by atoms with van der Waals surface area (Å²) in [6.45, 7) is 5.52. The maximum Gasteiger partial charge on any atom is 0.232 e. The molecular formula is C16H23N3O3S. The van der Waals surface area contributed by atoms with Gasteiger partial charge in [-0.05, 0) is 32.9 Å². The molecule has 6 nitrogen and oxygen atoms in total. The van der Waals surface area contributed by atoms with Gasteiger partial charge in [0, 0.05) is 24.7 Å². The van der Waals surface area contributed by atoms with Crippen LogP contribution in [0.2, 0.25) is 0 Å². The third-order valence-corrected chi connectivity index (χ3v) is 5.46. The smallest absolute Gasteiger partial charge is 0.232 e. The molecule has 0 spiro atoms. The van der Waals surface area contributed by atoms with E-state index in [4.69, 9.17) is 4.52 Å². The average molecular weight is 337 g/mol. The van der Waals surface area contributed by atoms with Crippen molar-refractivity contribution in [1.29, 1.82) is 0 Å². The van der Waals surface area contributed by atoms with E-state index in [1.54, 1.807) is 0 Å². The van der Waals surface area contributed by atoms with E-state index in [1.165, 1.54) is 11.8 Å². The van der Waals surface area contributed by atoms with Crippen LogP contribution in [0.5, 0.6) is 0 Å². The maximum absolute atomic E-state index is 12.8. The van der Waals surface area contributed by atoms with E-state index in [0.29, 0.717) is 25.4 Å². The number of piperidine rings is 1. The van der Waals surface area contributed by atoms with Crippen molar-refractivity contribution in [2.45, 2.75) is 39.3 Å². The minimum absolute atomic E-state index is 0.0694. The molecule has 1 aromatic rings. The number of aryl methyl sites for hydroxylation is 2. The van der Waals surface area contributed by atoms with Crippen LogP contribution in [-0.4, -0.2) is 57.9 Å². The molecule has 126 valence electrons. The second-order valence-electron chi connectivity index (χ2n) is 6.43. The molecule has 2 amide bonds. The number of hydrogen-bond donors (Lipinski definition) is 0. The molecular weight excluding hydrogens is 314 g/mol. The molecule has 3 aliphatic heterocycles. The van der Waals surface area contributed by atoms with Gasteiger partial charge in [0.05, 0.1) is 23.9 Å². The summed E-state index contributed by atoms with van der Waals surface area (Å²) < 4.78 is 5.22. The molecule has 7 heteroatoms. The van der Waals surface area contributed by atoms with Crippen molar-refractivity contribution in [3.05, 3.63) is 17.0 Å². The first kappa shape index (κ1) is 16.4. The van der Waals surface area contributed by atoms with Crippen LogP contribution < -0.4 is 0 Å². The highest BCUT2D eigenvalue weighted by Crippen LogP contribution is 2.31. The van der Waals surface area contributed by atoms with Crippen LogP contribution in [0.3, 0.4) is 0 Å². The Bertz CT molecular complexity index is 596. The molecule has 2 atom stereocenters. The van der Waals surface area contributed by atoms with E-state index in [1.807, 2.05) is 29.9 Å². The molecule has 0 saturated carbocycles. The molecule has 23 heavy (non-hydrogen) atoms. The van der Waals surface area contributed by atoms with Gasteiger partial charge in [0.15, 0.2) is 0 Å². The van der Waals surface area contributed by atoms with E-state index < -0.39 is 0 Å². The molecule has 3 aliphatic rings. The van der Waals surface area contributed by atoms with Crippen LogP contribution in [0.1, 0.15) is 29.9 Å². The maximum atomic E-state index is 12.8. The fourth-order valence-electron chi connectivity index (χ4n) is 3.56. The first-order valence-electron chi connectivity index (χ1n) is 8.00. The van der Waals surface area contributed by atoms with Crippen molar-refractivity contribution in [2.24, 2.45) is 5.92 Å². The molecule has 2 bridgehead atoms. The third kappa shape index (κ3) is 3.11. The Balaban J connectivity index is 1.80. The third-order valence-electron chi connectivity index (χ3n) is 4.92. The minimum atomic E-state index is -0.0694. The summed E-state index contributed by atoms with van der Waals surface area (Å²) in [4.78, 5) is 28.9. The largest absolute Gasteiger partial charge is 0.361 e. The first-order chi connectivity index (χ1) is 11.0. The van der Waals surface area contributed by atoms with Crippen LogP contribution >= 0.6 is 11.8 Å². The van der Waals surface area contributed by atoms with E-state index >= 15 is 0 Å². The van der Waals surface area contributed by atoms with Crippen molar-refractivity contribution >= 4 is 23.6 Å². The molecule has 0 aliphatic carbocycles. The van der Waals surface area contributed by atoms with Crippen LogP contribution in [0.4, 0.5) is 0 Å². The van der Waals surface area contributed by atoms with Crippen molar-refractivity contribution in [2.75, 3.05) is 25.1 Å². The lowest BCUT2D eigenvalue weighted by molar-refractivity contribution is -0.140. The molecule has 0 radical (unpaired) electrons. The summed E-state index contributed by atoms with van der Waals surface area (Å²) >= 11 is 1.53. The van der Waals surface area contributed by atoms with E-state index in [0.717, 1.165) is 29.9 Å². The molecule has 3 fully saturated rings. The number of hydrogen-bond acceptors (Lipinski definition) is 5. The summed E-state index contributed by atoms with van der Waals surface area (Å²) in [5.74, 6) is 1.49. The quantitative estimate of drug-likeness (QED) is 0.835. The van der Waals surface area contributed by atoms with Gasteiger partial charge in [-0.2, -0.15) is 11.8 Å². The highest BCUT2D eigenvalue weighted by Gasteiger charge is 2.42. The lowest BCUT2D eigenvalue weighted by Crippen LogP contribution is -2.47. The van der Waals surface area contributed by atoms with Crippen LogP contribution in [0, 0.1) is 19.8 Å². The highest BCUT2D eigenvalue weighted by atomic mass is 32.2. The topological polar surface area (TPSA) is 66.7 Å². The number of rotatable bonds is 4. The Labute approximate surface area is 140 Å². The number of aromatic nitrogens is 1. The van der Waals surface area contributed by atoms with Gasteiger partial charge in [-0.25, -0.2) is 0 Å². The van der Waals surface area contributed by atoms with Gasteiger partial charge in [-0.1, -0.05) is 5.16 Å². The molecule has 0 unspecified atom stereocenters. The van der Waals surface area contributed by atoms with Gasteiger partial charge < -0.3 is 14.3 Å². The first-order valence-corrected chi connectivity index (χ1v) is 9.39. The summed E-state index contributed by atoms with van der Waals surface area (Å²) in [7, 11) is 0. The van der Waals surface area contributed by atoms with Gasteiger partial charge in [-0.3, -0.25) is 9.59 Å². The molecule has 4 rings (SSSR count). The summed E-state index contributed by atoms with van der Waals surface area (Å²) in [5, 5.41) is 3.98. The molecule has 0 N–H and O–H groups in total.